The van der Waals surface area contributed by atoms with Crippen molar-refractivity contribution in [3.63, 3.8) is 0 Å². The van der Waals surface area contributed by atoms with Gasteiger partial charge in [-0.05, 0) is 18.6 Å². The summed E-state index contributed by atoms with van der Waals surface area (Å²) in [7, 11) is 0. The van der Waals surface area contributed by atoms with Gasteiger partial charge in [-0.15, -0.1) is 11.3 Å². The Morgan fingerprint density at radius 1 is 1.39 bits per heavy atom. The molecule has 0 saturated carbocycles. The molecule has 18 heavy (non-hydrogen) atoms. The highest BCUT2D eigenvalue weighted by molar-refractivity contribution is 7.99. The molecule has 2 unspecified atom stereocenters. The summed E-state index contributed by atoms with van der Waals surface area (Å²) in [4.78, 5) is 4.55. The predicted molar refractivity (Wildman–Crippen MR) is 81.5 cm³/mol. The maximum absolute atomic E-state index is 10.0. The van der Waals surface area contributed by atoms with Crippen LogP contribution in [0.4, 0.5) is 0 Å². The Kier molecular flexibility index (Phi) is 5.03. The molecule has 0 aliphatic heterocycles. The van der Waals surface area contributed by atoms with E-state index in [1.165, 1.54) is 4.70 Å². The zero-order chi connectivity index (χ0) is 13.0. The third kappa shape index (κ3) is 3.70. The first-order valence-electron chi connectivity index (χ1n) is 6.33. The lowest BCUT2D eigenvalue weighted by molar-refractivity contribution is 0.200. The Hall–Kier alpha value is -0.580. The average molecular weight is 281 g/mol. The highest BCUT2D eigenvalue weighted by Crippen LogP contribution is 2.23. The molecule has 0 fully saturated rings. The van der Waals surface area contributed by atoms with Gasteiger partial charge in [0, 0.05) is 17.4 Å². The fourth-order valence-electron chi connectivity index (χ4n) is 1.66. The largest absolute Gasteiger partial charge is 0.392 e. The Balaban J connectivity index is 1.92. The average Bonchev–Trinajstić information content (AvgIpc) is 2.77. The van der Waals surface area contributed by atoms with Crippen LogP contribution in [-0.2, 0) is 6.42 Å². The normalized spacial score (nSPS) is 14.8. The Bertz CT molecular complexity index is 464. The number of rotatable bonds is 6. The zero-order valence-corrected chi connectivity index (χ0v) is 12.4. The van der Waals surface area contributed by atoms with Crippen LogP contribution in [0.5, 0.6) is 0 Å². The van der Waals surface area contributed by atoms with Gasteiger partial charge in [0.05, 0.1) is 21.3 Å². The van der Waals surface area contributed by atoms with Crippen molar-refractivity contribution in [3.05, 3.63) is 29.3 Å². The van der Waals surface area contributed by atoms with Crippen molar-refractivity contribution in [2.24, 2.45) is 0 Å². The van der Waals surface area contributed by atoms with Crippen LogP contribution in [0.15, 0.2) is 24.3 Å². The quantitative estimate of drug-likeness (QED) is 0.876. The third-order valence-electron chi connectivity index (χ3n) is 2.90. The van der Waals surface area contributed by atoms with Gasteiger partial charge in [0.25, 0.3) is 0 Å². The zero-order valence-electron chi connectivity index (χ0n) is 10.8. The smallest absolute Gasteiger partial charge is 0.0964 e. The van der Waals surface area contributed by atoms with E-state index in [1.807, 2.05) is 30.0 Å². The van der Waals surface area contributed by atoms with Crippen LogP contribution in [0.2, 0.25) is 0 Å². The van der Waals surface area contributed by atoms with Crippen LogP contribution in [-0.4, -0.2) is 27.2 Å². The number of fused-ring (bicyclic) bond motifs is 1. The molecular formula is C14H19NOS2. The topological polar surface area (TPSA) is 33.1 Å². The van der Waals surface area contributed by atoms with E-state index in [4.69, 9.17) is 0 Å². The van der Waals surface area contributed by atoms with Crippen LogP contribution in [0.3, 0.4) is 0 Å². The van der Waals surface area contributed by atoms with Gasteiger partial charge in [-0.2, -0.15) is 11.8 Å². The van der Waals surface area contributed by atoms with Gasteiger partial charge in [0.15, 0.2) is 0 Å². The molecule has 98 valence electrons. The van der Waals surface area contributed by atoms with E-state index in [1.54, 1.807) is 11.3 Å². The molecule has 4 heteroatoms. The number of aliphatic hydroxyl groups is 1. The highest BCUT2D eigenvalue weighted by atomic mass is 32.2. The van der Waals surface area contributed by atoms with Crippen molar-refractivity contribution in [3.8, 4) is 0 Å². The second kappa shape index (κ2) is 6.55. The van der Waals surface area contributed by atoms with Crippen LogP contribution in [0.25, 0.3) is 10.2 Å². The van der Waals surface area contributed by atoms with Gasteiger partial charge in [0.1, 0.15) is 0 Å². The number of nitrogens with zero attached hydrogens (tertiary/aromatic N) is 1. The molecule has 0 saturated heterocycles. The summed E-state index contributed by atoms with van der Waals surface area (Å²) < 4.78 is 1.20. The first-order chi connectivity index (χ1) is 8.69. The van der Waals surface area contributed by atoms with Crippen molar-refractivity contribution in [2.75, 3.05) is 5.75 Å². The molecular weight excluding hydrogens is 262 g/mol. The number of aromatic nitrogens is 1. The molecule has 0 spiro atoms. The number of hydrogen-bond acceptors (Lipinski definition) is 4. The van der Waals surface area contributed by atoms with Crippen LogP contribution in [0.1, 0.15) is 25.3 Å². The second-order valence-electron chi connectivity index (χ2n) is 4.49. The monoisotopic (exact) mass is 281 g/mol. The molecule has 0 aliphatic carbocycles. The maximum Gasteiger partial charge on any atom is 0.0964 e. The van der Waals surface area contributed by atoms with Crippen molar-refractivity contribution in [2.45, 2.75) is 38.0 Å². The van der Waals surface area contributed by atoms with Crippen LogP contribution in [0, 0.1) is 0 Å². The molecule has 0 aliphatic rings. The number of aliphatic hydroxyl groups excluding tert-OH is 1. The molecule has 0 bridgehead atoms. The maximum atomic E-state index is 10.0. The number of thiazole rings is 1. The van der Waals surface area contributed by atoms with Gasteiger partial charge in [-0.1, -0.05) is 26.0 Å². The minimum Gasteiger partial charge on any atom is -0.392 e. The molecule has 2 aromatic rings. The second-order valence-corrected chi connectivity index (χ2v) is 7.07. The summed E-state index contributed by atoms with van der Waals surface area (Å²) in [6.45, 7) is 4.38. The van der Waals surface area contributed by atoms with Gasteiger partial charge in [-0.3, -0.25) is 0 Å². The molecule has 0 amide bonds. The Morgan fingerprint density at radius 3 is 2.89 bits per heavy atom. The minimum absolute atomic E-state index is 0.287. The van der Waals surface area contributed by atoms with Crippen LogP contribution < -0.4 is 0 Å². The molecule has 1 aromatic carbocycles. The summed E-state index contributed by atoms with van der Waals surface area (Å²) >= 11 is 3.52. The molecule has 1 heterocycles. The minimum atomic E-state index is -0.287. The number of hydrogen-bond donors (Lipinski definition) is 1. The van der Waals surface area contributed by atoms with Gasteiger partial charge in [-0.25, -0.2) is 4.98 Å². The predicted octanol–water partition coefficient (Wildman–Crippen LogP) is 3.73. The summed E-state index contributed by atoms with van der Waals surface area (Å²) in [5.74, 6) is 0.797. The Morgan fingerprint density at radius 2 is 2.17 bits per heavy atom. The summed E-state index contributed by atoms with van der Waals surface area (Å²) in [5.41, 5.74) is 1.04. The lowest BCUT2D eigenvalue weighted by Gasteiger charge is -2.12. The van der Waals surface area contributed by atoms with E-state index >= 15 is 0 Å². The van der Waals surface area contributed by atoms with Crippen molar-refractivity contribution in [1.82, 2.24) is 4.98 Å². The first-order valence-corrected chi connectivity index (χ1v) is 8.19. The molecule has 0 radical (unpaired) electrons. The van der Waals surface area contributed by atoms with E-state index in [0.29, 0.717) is 11.7 Å². The molecule has 1 aromatic heterocycles. The molecule has 2 nitrogen and oxygen atoms in total. The molecule has 2 atom stereocenters. The summed E-state index contributed by atoms with van der Waals surface area (Å²) in [6.07, 6.45) is 1.53. The first kappa shape index (κ1) is 13.8. The highest BCUT2D eigenvalue weighted by Gasteiger charge is 2.11. The van der Waals surface area contributed by atoms with E-state index in [9.17, 15) is 5.11 Å². The number of benzene rings is 1. The standard InChI is InChI=1S/C14H19NOS2/c1-3-10(2)17-9-11(16)8-14-15-12-6-4-5-7-13(12)18-14/h4-7,10-11,16H,3,8-9H2,1-2H3. The molecule has 2 rings (SSSR count). The SMILES string of the molecule is CCC(C)SCC(O)Cc1nc2ccccc2s1. The van der Waals surface area contributed by atoms with Crippen molar-refractivity contribution >= 4 is 33.3 Å². The van der Waals surface area contributed by atoms with E-state index in [0.717, 1.165) is 22.7 Å². The third-order valence-corrected chi connectivity index (χ3v) is 5.43. The summed E-state index contributed by atoms with van der Waals surface area (Å²) in [6, 6.07) is 8.13. The van der Waals surface area contributed by atoms with E-state index in [2.05, 4.69) is 24.9 Å². The van der Waals surface area contributed by atoms with Crippen LogP contribution >= 0.6 is 23.1 Å². The molecule has 1 N–H and O–H groups in total. The van der Waals surface area contributed by atoms with Crippen molar-refractivity contribution in [1.29, 1.82) is 0 Å². The van der Waals surface area contributed by atoms with E-state index < -0.39 is 0 Å². The number of thioether (sulfide) groups is 1. The number of para-hydroxylation sites is 1. The lowest BCUT2D eigenvalue weighted by atomic mass is 10.3. The van der Waals surface area contributed by atoms with Gasteiger partial charge in [0.2, 0.25) is 0 Å². The fraction of sp³-hybridized carbons (Fsp3) is 0.500. The van der Waals surface area contributed by atoms with Crippen molar-refractivity contribution < 1.29 is 5.11 Å². The lowest BCUT2D eigenvalue weighted by Crippen LogP contribution is -2.15. The fourth-order valence-corrected chi connectivity index (χ4v) is 3.60. The van der Waals surface area contributed by atoms with Gasteiger partial charge >= 0.3 is 0 Å². The van der Waals surface area contributed by atoms with Gasteiger partial charge < -0.3 is 5.11 Å². The summed E-state index contributed by atoms with van der Waals surface area (Å²) in [5, 5.41) is 11.7. The van der Waals surface area contributed by atoms with E-state index in [-0.39, 0.29) is 6.10 Å². The Labute approximate surface area is 116 Å².